The molecule has 4 rings (SSSR count). The van der Waals surface area contributed by atoms with Gasteiger partial charge in [0.2, 0.25) is 0 Å². The van der Waals surface area contributed by atoms with Crippen molar-refractivity contribution in [1.82, 2.24) is 4.98 Å². The average molecular weight is 320 g/mol. The van der Waals surface area contributed by atoms with Crippen molar-refractivity contribution >= 4 is 16.6 Å². The van der Waals surface area contributed by atoms with E-state index < -0.39 is 0 Å². The fraction of sp³-hybridized carbons (Fsp3) is 0.250. The number of oxime groups is 1. The molecule has 0 amide bonds. The van der Waals surface area contributed by atoms with Crippen LogP contribution in [0.1, 0.15) is 29.7 Å². The number of benzene rings is 2. The Bertz CT molecular complexity index is 878. The van der Waals surface area contributed by atoms with Crippen LogP contribution in [0.3, 0.4) is 0 Å². The molecule has 0 saturated carbocycles. The zero-order valence-corrected chi connectivity index (χ0v) is 13.7. The van der Waals surface area contributed by atoms with E-state index in [1.54, 1.807) is 7.11 Å². The summed E-state index contributed by atoms with van der Waals surface area (Å²) in [4.78, 5) is 9.12. The largest absolute Gasteiger partial charge is 0.497 e. The number of methoxy groups -OCH3 is 1. The molecule has 1 aliphatic carbocycles. The molecule has 1 aromatic heterocycles. The summed E-state index contributed by atoms with van der Waals surface area (Å²) >= 11 is 0. The highest BCUT2D eigenvalue weighted by Crippen LogP contribution is 2.29. The molecule has 1 aliphatic rings. The number of nitrogens with zero attached hydrogens (tertiary/aromatic N) is 1. The molecule has 0 fully saturated rings. The summed E-state index contributed by atoms with van der Waals surface area (Å²) in [6.07, 6.45) is 3.15. The molecule has 3 aromatic rings. The highest BCUT2D eigenvalue weighted by atomic mass is 16.6. The number of rotatable bonds is 4. The molecular formula is C20H20N2O2. The first-order chi connectivity index (χ1) is 11.8. The second-order valence-electron chi connectivity index (χ2n) is 6.04. The molecule has 2 aromatic carbocycles. The number of para-hydroxylation sites is 1. The Balaban J connectivity index is 1.53. The summed E-state index contributed by atoms with van der Waals surface area (Å²) in [5.74, 6) is 0.847. The third-order valence-corrected chi connectivity index (χ3v) is 4.51. The van der Waals surface area contributed by atoms with Gasteiger partial charge in [0.25, 0.3) is 0 Å². The van der Waals surface area contributed by atoms with E-state index in [0.29, 0.717) is 6.61 Å². The van der Waals surface area contributed by atoms with E-state index in [1.807, 2.05) is 24.3 Å². The van der Waals surface area contributed by atoms with Crippen molar-refractivity contribution in [2.75, 3.05) is 7.11 Å². The van der Waals surface area contributed by atoms with Gasteiger partial charge in [0, 0.05) is 10.9 Å². The lowest BCUT2D eigenvalue weighted by molar-refractivity contribution is 0.130. The molecule has 0 bridgehead atoms. The molecule has 0 spiro atoms. The van der Waals surface area contributed by atoms with Gasteiger partial charge in [-0.2, -0.15) is 0 Å². The quantitative estimate of drug-likeness (QED) is 0.723. The van der Waals surface area contributed by atoms with E-state index in [1.165, 1.54) is 16.5 Å². The molecule has 0 atom stereocenters. The van der Waals surface area contributed by atoms with Gasteiger partial charge in [-0.3, -0.25) is 0 Å². The number of hydrogen-bond donors (Lipinski definition) is 1. The Labute approximate surface area is 141 Å². The fourth-order valence-electron chi connectivity index (χ4n) is 3.26. The fourth-order valence-corrected chi connectivity index (χ4v) is 3.26. The van der Waals surface area contributed by atoms with Crippen molar-refractivity contribution < 1.29 is 9.57 Å². The van der Waals surface area contributed by atoms with Gasteiger partial charge in [-0.15, -0.1) is 0 Å². The lowest BCUT2D eigenvalue weighted by Crippen LogP contribution is -2.11. The number of aromatic nitrogens is 1. The van der Waals surface area contributed by atoms with E-state index in [2.05, 4.69) is 34.4 Å². The number of aryl methyl sites for hydroxylation is 1. The van der Waals surface area contributed by atoms with Crippen LogP contribution in [0.2, 0.25) is 0 Å². The maximum atomic E-state index is 5.61. The van der Waals surface area contributed by atoms with Crippen LogP contribution in [-0.4, -0.2) is 17.8 Å². The summed E-state index contributed by atoms with van der Waals surface area (Å²) in [5, 5.41) is 5.71. The summed E-state index contributed by atoms with van der Waals surface area (Å²) in [7, 11) is 1.67. The molecule has 24 heavy (non-hydrogen) atoms. The SMILES string of the molecule is COc1ccc(CO/N=C2/CCCc3c2[nH]c2ccccc32)cc1. The van der Waals surface area contributed by atoms with Crippen LogP contribution in [0, 0.1) is 0 Å². The summed E-state index contributed by atoms with van der Waals surface area (Å²) < 4.78 is 5.16. The Kier molecular flexibility index (Phi) is 3.95. The first kappa shape index (κ1) is 14.8. The zero-order chi connectivity index (χ0) is 16.4. The Morgan fingerprint density at radius 3 is 2.71 bits per heavy atom. The van der Waals surface area contributed by atoms with Crippen molar-refractivity contribution in [3.63, 3.8) is 0 Å². The standard InChI is InChI=1S/C20H20N2O2/c1-23-15-11-9-14(10-12-15)13-24-22-19-8-4-6-17-16-5-2-3-7-18(16)21-20(17)19/h2-3,5,7,9-12,21H,4,6,8,13H2,1H3/b22-19-. The van der Waals surface area contributed by atoms with Crippen molar-refractivity contribution in [3.05, 3.63) is 65.4 Å². The lowest BCUT2D eigenvalue weighted by Gasteiger charge is -2.13. The first-order valence-electron chi connectivity index (χ1n) is 8.27. The van der Waals surface area contributed by atoms with Crippen LogP contribution in [0.25, 0.3) is 10.9 Å². The maximum Gasteiger partial charge on any atom is 0.142 e. The summed E-state index contributed by atoms with van der Waals surface area (Å²) in [5.41, 5.74) is 5.77. The molecular weight excluding hydrogens is 300 g/mol. The van der Waals surface area contributed by atoms with E-state index >= 15 is 0 Å². The van der Waals surface area contributed by atoms with Crippen LogP contribution in [0.4, 0.5) is 0 Å². The van der Waals surface area contributed by atoms with E-state index in [9.17, 15) is 0 Å². The van der Waals surface area contributed by atoms with Gasteiger partial charge in [-0.25, -0.2) is 0 Å². The van der Waals surface area contributed by atoms with Gasteiger partial charge in [-0.05, 0) is 48.6 Å². The average Bonchev–Trinajstić information content (AvgIpc) is 3.02. The topological polar surface area (TPSA) is 46.6 Å². The van der Waals surface area contributed by atoms with Gasteiger partial charge >= 0.3 is 0 Å². The highest BCUT2D eigenvalue weighted by molar-refractivity contribution is 6.06. The molecule has 4 nitrogen and oxygen atoms in total. The predicted octanol–water partition coefficient (Wildman–Crippen LogP) is 4.43. The Morgan fingerprint density at radius 1 is 1.04 bits per heavy atom. The number of ether oxygens (including phenoxy) is 1. The van der Waals surface area contributed by atoms with Crippen LogP contribution >= 0.6 is 0 Å². The molecule has 0 aliphatic heterocycles. The molecule has 0 saturated heterocycles. The van der Waals surface area contributed by atoms with E-state index in [4.69, 9.17) is 9.57 Å². The van der Waals surface area contributed by atoms with E-state index in [-0.39, 0.29) is 0 Å². The van der Waals surface area contributed by atoms with Crippen LogP contribution < -0.4 is 4.74 Å². The highest BCUT2D eigenvalue weighted by Gasteiger charge is 2.20. The van der Waals surface area contributed by atoms with E-state index in [0.717, 1.165) is 42.0 Å². The van der Waals surface area contributed by atoms with Gasteiger partial charge in [0.1, 0.15) is 18.1 Å². The second-order valence-corrected chi connectivity index (χ2v) is 6.04. The zero-order valence-electron chi connectivity index (χ0n) is 13.7. The number of hydrogen-bond acceptors (Lipinski definition) is 3. The van der Waals surface area contributed by atoms with Crippen molar-refractivity contribution in [3.8, 4) is 5.75 Å². The lowest BCUT2D eigenvalue weighted by atomic mass is 9.94. The predicted molar refractivity (Wildman–Crippen MR) is 95.6 cm³/mol. The summed E-state index contributed by atoms with van der Waals surface area (Å²) in [6.45, 7) is 0.461. The third-order valence-electron chi connectivity index (χ3n) is 4.51. The van der Waals surface area contributed by atoms with Crippen LogP contribution in [0.15, 0.2) is 53.7 Å². The maximum absolute atomic E-state index is 5.61. The monoisotopic (exact) mass is 320 g/mol. The minimum absolute atomic E-state index is 0.461. The molecule has 122 valence electrons. The molecule has 1 heterocycles. The smallest absolute Gasteiger partial charge is 0.142 e. The van der Waals surface area contributed by atoms with Crippen molar-refractivity contribution in [2.45, 2.75) is 25.9 Å². The van der Waals surface area contributed by atoms with Gasteiger partial charge in [-0.1, -0.05) is 35.5 Å². The Morgan fingerprint density at radius 2 is 1.88 bits per heavy atom. The normalized spacial score (nSPS) is 15.5. The van der Waals surface area contributed by atoms with Gasteiger partial charge in [0.05, 0.1) is 12.8 Å². The number of fused-ring (bicyclic) bond motifs is 3. The molecule has 0 unspecified atom stereocenters. The first-order valence-corrected chi connectivity index (χ1v) is 8.27. The minimum Gasteiger partial charge on any atom is -0.497 e. The van der Waals surface area contributed by atoms with Crippen molar-refractivity contribution in [2.24, 2.45) is 5.16 Å². The van der Waals surface area contributed by atoms with Crippen molar-refractivity contribution in [1.29, 1.82) is 0 Å². The van der Waals surface area contributed by atoms with Gasteiger partial charge < -0.3 is 14.6 Å². The molecule has 1 N–H and O–H groups in total. The number of aromatic amines is 1. The summed E-state index contributed by atoms with van der Waals surface area (Å²) in [6, 6.07) is 16.3. The second kappa shape index (κ2) is 6.40. The van der Waals surface area contributed by atoms with Gasteiger partial charge in [0.15, 0.2) is 0 Å². The molecule has 0 radical (unpaired) electrons. The Hall–Kier alpha value is -2.75. The number of nitrogens with one attached hydrogen (secondary N) is 1. The minimum atomic E-state index is 0.461. The van der Waals surface area contributed by atoms with Crippen LogP contribution in [0.5, 0.6) is 5.75 Å². The van der Waals surface area contributed by atoms with Crippen LogP contribution in [-0.2, 0) is 17.9 Å². The third kappa shape index (κ3) is 2.75. The molecule has 4 heteroatoms. The number of H-pyrrole nitrogens is 1.